The standard InChI is InChI=1S/C21H20FN5O2S/c1-2-29-21(28)14-10-30-20-17(14)19(23-11-24-20)27-7-5-12(6-8-27)18-25-15-4-3-13(22)9-16(15)26-18/h3-4,9-12H,2,5-8H2,1H3,(H,25,26). The Morgan fingerprint density at radius 1 is 1.33 bits per heavy atom. The van der Waals surface area contributed by atoms with Gasteiger partial charge in [-0.1, -0.05) is 0 Å². The number of halogens is 1. The number of hydrogen-bond acceptors (Lipinski definition) is 7. The summed E-state index contributed by atoms with van der Waals surface area (Å²) in [6.45, 7) is 3.67. The maximum atomic E-state index is 13.5. The highest BCUT2D eigenvalue weighted by Gasteiger charge is 2.27. The van der Waals surface area contributed by atoms with Crippen molar-refractivity contribution in [3.8, 4) is 0 Å². The molecule has 7 nitrogen and oxygen atoms in total. The number of imidazole rings is 1. The Morgan fingerprint density at radius 3 is 2.97 bits per heavy atom. The van der Waals surface area contributed by atoms with E-state index in [2.05, 4.69) is 24.8 Å². The van der Waals surface area contributed by atoms with E-state index >= 15 is 0 Å². The van der Waals surface area contributed by atoms with Gasteiger partial charge in [0.05, 0.1) is 28.6 Å². The number of ether oxygens (including phenoxy) is 1. The molecular formula is C21H20FN5O2S. The summed E-state index contributed by atoms with van der Waals surface area (Å²) in [5.74, 6) is 1.32. The van der Waals surface area contributed by atoms with Crippen molar-refractivity contribution in [2.24, 2.45) is 0 Å². The number of benzene rings is 1. The van der Waals surface area contributed by atoms with E-state index in [1.807, 2.05) is 0 Å². The number of thiophene rings is 1. The fourth-order valence-corrected chi connectivity index (χ4v) is 4.89. The van der Waals surface area contributed by atoms with Crippen LogP contribution in [0.5, 0.6) is 0 Å². The van der Waals surface area contributed by atoms with E-state index in [1.165, 1.54) is 23.5 Å². The van der Waals surface area contributed by atoms with Crippen LogP contribution in [-0.4, -0.2) is 45.6 Å². The van der Waals surface area contributed by atoms with Gasteiger partial charge in [-0.3, -0.25) is 0 Å². The largest absolute Gasteiger partial charge is 0.462 e. The quantitative estimate of drug-likeness (QED) is 0.492. The first-order valence-corrected chi connectivity index (χ1v) is 10.8. The van der Waals surface area contributed by atoms with Crippen LogP contribution in [0.25, 0.3) is 21.3 Å². The highest BCUT2D eigenvalue weighted by molar-refractivity contribution is 7.17. The number of hydrogen-bond donors (Lipinski definition) is 1. The zero-order valence-corrected chi connectivity index (χ0v) is 17.2. The Morgan fingerprint density at radius 2 is 2.17 bits per heavy atom. The van der Waals surface area contributed by atoms with Crippen LogP contribution in [0, 0.1) is 5.82 Å². The van der Waals surface area contributed by atoms with Crippen LogP contribution in [0.1, 0.15) is 41.9 Å². The minimum absolute atomic E-state index is 0.265. The van der Waals surface area contributed by atoms with E-state index in [4.69, 9.17) is 4.74 Å². The minimum Gasteiger partial charge on any atom is -0.462 e. The average Bonchev–Trinajstić information content (AvgIpc) is 3.38. The van der Waals surface area contributed by atoms with E-state index in [-0.39, 0.29) is 17.7 Å². The van der Waals surface area contributed by atoms with Gasteiger partial charge < -0.3 is 14.6 Å². The second-order valence-corrected chi connectivity index (χ2v) is 8.15. The van der Waals surface area contributed by atoms with Crippen molar-refractivity contribution < 1.29 is 13.9 Å². The number of aromatic nitrogens is 4. The molecule has 30 heavy (non-hydrogen) atoms. The number of nitrogens with one attached hydrogen (secondary N) is 1. The molecule has 154 valence electrons. The fraction of sp³-hybridized carbons (Fsp3) is 0.333. The number of esters is 1. The van der Waals surface area contributed by atoms with Gasteiger partial charge in [-0.25, -0.2) is 24.1 Å². The summed E-state index contributed by atoms with van der Waals surface area (Å²) in [4.78, 5) is 32.1. The van der Waals surface area contributed by atoms with Crippen LogP contribution in [0.3, 0.4) is 0 Å². The molecule has 1 fully saturated rings. The van der Waals surface area contributed by atoms with Gasteiger partial charge >= 0.3 is 5.97 Å². The van der Waals surface area contributed by atoms with Crippen molar-refractivity contribution in [1.29, 1.82) is 0 Å². The van der Waals surface area contributed by atoms with Gasteiger partial charge in [0.1, 0.15) is 28.6 Å². The molecule has 0 unspecified atom stereocenters. The predicted octanol–water partition coefficient (Wildman–Crippen LogP) is 4.27. The lowest BCUT2D eigenvalue weighted by atomic mass is 9.96. The van der Waals surface area contributed by atoms with Crippen molar-refractivity contribution >= 4 is 44.4 Å². The van der Waals surface area contributed by atoms with Crippen molar-refractivity contribution in [2.45, 2.75) is 25.7 Å². The number of fused-ring (bicyclic) bond motifs is 2. The normalized spacial score (nSPS) is 15.2. The summed E-state index contributed by atoms with van der Waals surface area (Å²) >= 11 is 1.42. The van der Waals surface area contributed by atoms with Crippen LogP contribution in [0.2, 0.25) is 0 Å². The average molecular weight is 425 g/mol. The van der Waals surface area contributed by atoms with Gasteiger partial charge in [0, 0.05) is 24.4 Å². The summed E-state index contributed by atoms with van der Waals surface area (Å²) in [5, 5.41) is 2.56. The Labute approximate surface area is 175 Å². The molecule has 0 saturated carbocycles. The van der Waals surface area contributed by atoms with Crippen molar-refractivity contribution in [3.05, 3.63) is 47.1 Å². The molecule has 1 N–H and O–H groups in total. The van der Waals surface area contributed by atoms with E-state index in [0.717, 1.165) is 58.8 Å². The van der Waals surface area contributed by atoms with Crippen LogP contribution in [-0.2, 0) is 4.74 Å². The van der Waals surface area contributed by atoms with Crippen LogP contribution < -0.4 is 4.90 Å². The van der Waals surface area contributed by atoms with Crippen molar-refractivity contribution in [3.63, 3.8) is 0 Å². The molecular weight excluding hydrogens is 405 g/mol. The van der Waals surface area contributed by atoms with Crippen LogP contribution in [0.15, 0.2) is 29.9 Å². The number of nitrogens with zero attached hydrogens (tertiary/aromatic N) is 4. The molecule has 4 aromatic rings. The number of rotatable bonds is 4. The minimum atomic E-state index is -0.343. The summed E-state index contributed by atoms with van der Waals surface area (Å²) in [6.07, 6.45) is 3.31. The highest BCUT2D eigenvalue weighted by atomic mass is 32.1. The predicted molar refractivity (Wildman–Crippen MR) is 114 cm³/mol. The van der Waals surface area contributed by atoms with E-state index < -0.39 is 0 Å². The molecule has 0 atom stereocenters. The van der Waals surface area contributed by atoms with E-state index in [0.29, 0.717) is 12.2 Å². The lowest BCUT2D eigenvalue weighted by Crippen LogP contribution is -2.34. The molecule has 0 aliphatic carbocycles. The summed E-state index contributed by atoms with van der Waals surface area (Å²) < 4.78 is 18.7. The van der Waals surface area contributed by atoms with E-state index in [1.54, 1.807) is 24.7 Å². The maximum absolute atomic E-state index is 13.5. The monoisotopic (exact) mass is 425 g/mol. The zero-order valence-electron chi connectivity index (χ0n) is 16.4. The van der Waals surface area contributed by atoms with Gasteiger partial charge in [0.25, 0.3) is 0 Å². The molecule has 0 spiro atoms. The Balaban J connectivity index is 1.39. The zero-order chi connectivity index (χ0) is 20.7. The number of aromatic amines is 1. The lowest BCUT2D eigenvalue weighted by molar-refractivity contribution is 0.0529. The smallest absolute Gasteiger partial charge is 0.339 e. The van der Waals surface area contributed by atoms with Crippen molar-refractivity contribution in [1.82, 2.24) is 19.9 Å². The molecule has 0 amide bonds. The van der Waals surface area contributed by atoms with Crippen LogP contribution >= 0.6 is 11.3 Å². The van der Waals surface area contributed by atoms with Gasteiger partial charge in [-0.05, 0) is 38.0 Å². The topological polar surface area (TPSA) is 84.0 Å². The number of anilines is 1. The second-order valence-electron chi connectivity index (χ2n) is 7.29. The Kier molecular flexibility index (Phi) is 4.82. The van der Waals surface area contributed by atoms with Crippen LogP contribution in [0.4, 0.5) is 10.2 Å². The second kappa shape index (κ2) is 7.64. The van der Waals surface area contributed by atoms with Crippen molar-refractivity contribution in [2.75, 3.05) is 24.6 Å². The molecule has 0 radical (unpaired) electrons. The van der Waals surface area contributed by atoms with Gasteiger partial charge in [0.15, 0.2) is 0 Å². The van der Waals surface area contributed by atoms with Gasteiger partial charge in [-0.2, -0.15) is 0 Å². The SMILES string of the molecule is CCOC(=O)c1csc2ncnc(N3CCC(c4nc5ccc(F)cc5[nH]4)CC3)c12. The van der Waals surface area contributed by atoms with Gasteiger partial charge in [0.2, 0.25) is 0 Å². The highest BCUT2D eigenvalue weighted by Crippen LogP contribution is 2.35. The van der Waals surface area contributed by atoms with Gasteiger partial charge in [-0.15, -0.1) is 11.3 Å². The maximum Gasteiger partial charge on any atom is 0.339 e. The molecule has 1 aliphatic rings. The summed E-state index contributed by atoms with van der Waals surface area (Å²) in [6, 6.07) is 4.61. The Bertz CT molecular complexity index is 1230. The number of piperidine rings is 1. The molecule has 0 bridgehead atoms. The number of carbonyl (C=O) groups excluding carboxylic acids is 1. The summed E-state index contributed by atoms with van der Waals surface area (Å²) in [7, 11) is 0. The molecule has 5 rings (SSSR count). The first-order valence-electron chi connectivity index (χ1n) is 9.93. The molecule has 3 aromatic heterocycles. The third-order valence-electron chi connectivity index (χ3n) is 5.49. The fourth-order valence-electron chi connectivity index (χ4n) is 4.02. The molecule has 9 heteroatoms. The van der Waals surface area contributed by atoms with E-state index in [9.17, 15) is 9.18 Å². The number of carbonyl (C=O) groups is 1. The third-order valence-corrected chi connectivity index (χ3v) is 6.38. The lowest BCUT2D eigenvalue weighted by Gasteiger charge is -2.32. The summed E-state index contributed by atoms with van der Waals surface area (Å²) in [5.41, 5.74) is 2.03. The molecule has 1 aromatic carbocycles. The molecule has 4 heterocycles. The third kappa shape index (κ3) is 3.28. The first-order chi connectivity index (χ1) is 14.6. The first kappa shape index (κ1) is 18.9. The molecule has 1 saturated heterocycles. The number of H-pyrrole nitrogens is 1. The Hall–Kier alpha value is -3.07. The molecule has 1 aliphatic heterocycles.